The van der Waals surface area contributed by atoms with Gasteiger partial charge in [0.25, 0.3) is 0 Å². The summed E-state index contributed by atoms with van der Waals surface area (Å²) in [7, 11) is 0. The zero-order chi connectivity index (χ0) is 8.55. The van der Waals surface area contributed by atoms with Gasteiger partial charge in [0.05, 0.1) is 0 Å². The van der Waals surface area contributed by atoms with Crippen molar-refractivity contribution in [2.45, 2.75) is 25.9 Å². The topological polar surface area (TPSA) is 12.0 Å². The first-order valence-electron chi connectivity index (χ1n) is 4.26. The highest BCUT2D eigenvalue weighted by Crippen LogP contribution is 2.17. The van der Waals surface area contributed by atoms with E-state index in [4.69, 9.17) is 0 Å². The molecule has 1 heterocycles. The third kappa shape index (κ3) is 1.34. The molecule has 0 saturated carbocycles. The smallest absolute Gasteiger partial charge is 0.123 e. The van der Waals surface area contributed by atoms with Gasteiger partial charge in [0.2, 0.25) is 0 Å². The Kier molecular flexibility index (Phi) is 1.85. The summed E-state index contributed by atoms with van der Waals surface area (Å²) >= 11 is 0. The van der Waals surface area contributed by atoms with Crippen LogP contribution in [0.15, 0.2) is 18.2 Å². The molecule has 0 fully saturated rings. The summed E-state index contributed by atoms with van der Waals surface area (Å²) in [6.45, 7) is 2.99. The van der Waals surface area contributed by atoms with E-state index in [2.05, 4.69) is 12.2 Å². The van der Waals surface area contributed by atoms with Crippen molar-refractivity contribution in [2.75, 3.05) is 0 Å². The summed E-state index contributed by atoms with van der Waals surface area (Å²) in [6.07, 6.45) is 0.938. The van der Waals surface area contributed by atoms with Gasteiger partial charge in [-0.1, -0.05) is 6.07 Å². The van der Waals surface area contributed by atoms with Crippen molar-refractivity contribution in [3.8, 4) is 0 Å². The molecule has 0 aromatic heterocycles. The van der Waals surface area contributed by atoms with Crippen molar-refractivity contribution < 1.29 is 4.39 Å². The van der Waals surface area contributed by atoms with Crippen LogP contribution in [0, 0.1) is 5.82 Å². The van der Waals surface area contributed by atoms with Gasteiger partial charge in [-0.3, -0.25) is 0 Å². The lowest BCUT2D eigenvalue weighted by Gasteiger charge is -2.22. The monoisotopic (exact) mass is 165 g/mol. The average molecular weight is 165 g/mol. The van der Waals surface area contributed by atoms with Crippen LogP contribution >= 0.6 is 0 Å². The second-order valence-corrected chi connectivity index (χ2v) is 3.40. The molecular formula is C10H12FN. The maximum Gasteiger partial charge on any atom is 0.123 e. The van der Waals surface area contributed by atoms with E-state index in [1.165, 1.54) is 11.6 Å². The number of hydrogen-bond acceptors (Lipinski definition) is 1. The Bertz CT molecular complexity index is 296. The van der Waals surface area contributed by atoms with E-state index in [1.54, 1.807) is 6.07 Å². The maximum absolute atomic E-state index is 12.8. The summed E-state index contributed by atoms with van der Waals surface area (Å²) in [5.74, 6) is -0.122. The van der Waals surface area contributed by atoms with Crippen LogP contribution in [0.1, 0.15) is 18.1 Å². The molecule has 0 saturated heterocycles. The molecule has 0 spiro atoms. The molecule has 0 radical (unpaired) electrons. The molecule has 0 bridgehead atoms. The molecule has 2 heteroatoms. The number of benzene rings is 1. The van der Waals surface area contributed by atoms with E-state index >= 15 is 0 Å². The molecule has 12 heavy (non-hydrogen) atoms. The van der Waals surface area contributed by atoms with Crippen LogP contribution in [0.25, 0.3) is 0 Å². The molecule has 1 aliphatic heterocycles. The summed E-state index contributed by atoms with van der Waals surface area (Å²) in [6, 6.07) is 5.51. The van der Waals surface area contributed by atoms with Gasteiger partial charge in [-0.2, -0.15) is 0 Å². The van der Waals surface area contributed by atoms with Crippen LogP contribution in [0.5, 0.6) is 0 Å². The molecule has 1 atom stereocenters. The predicted octanol–water partition coefficient (Wildman–Crippen LogP) is 1.86. The number of halogens is 1. The maximum atomic E-state index is 12.8. The van der Waals surface area contributed by atoms with Crippen molar-refractivity contribution in [2.24, 2.45) is 0 Å². The largest absolute Gasteiger partial charge is 0.310 e. The first-order chi connectivity index (χ1) is 5.75. The fourth-order valence-corrected chi connectivity index (χ4v) is 1.64. The SMILES string of the molecule is CC1Cc2cc(F)ccc2CN1. The second kappa shape index (κ2) is 2.87. The Balaban J connectivity index is 2.37. The van der Waals surface area contributed by atoms with E-state index in [0.29, 0.717) is 6.04 Å². The molecule has 1 aromatic carbocycles. The number of fused-ring (bicyclic) bond motifs is 1. The molecule has 1 aromatic rings. The lowest BCUT2D eigenvalue weighted by Crippen LogP contribution is -2.32. The van der Waals surface area contributed by atoms with E-state index < -0.39 is 0 Å². The first kappa shape index (κ1) is 7.74. The van der Waals surface area contributed by atoms with Crippen LogP contribution in [-0.2, 0) is 13.0 Å². The molecule has 0 amide bonds. The van der Waals surface area contributed by atoms with E-state index in [0.717, 1.165) is 18.5 Å². The minimum atomic E-state index is -0.122. The summed E-state index contributed by atoms with van der Waals surface area (Å²) < 4.78 is 12.8. The third-order valence-corrected chi connectivity index (χ3v) is 2.34. The molecule has 1 nitrogen and oxygen atoms in total. The molecular weight excluding hydrogens is 153 g/mol. The number of nitrogens with one attached hydrogen (secondary N) is 1. The Hall–Kier alpha value is -0.890. The quantitative estimate of drug-likeness (QED) is 0.618. The van der Waals surface area contributed by atoms with Crippen molar-refractivity contribution in [1.29, 1.82) is 0 Å². The molecule has 2 rings (SSSR count). The van der Waals surface area contributed by atoms with Crippen LogP contribution in [-0.4, -0.2) is 6.04 Å². The highest BCUT2D eigenvalue weighted by Gasteiger charge is 2.13. The lowest BCUT2D eigenvalue weighted by atomic mass is 9.97. The zero-order valence-electron chi connectivity index (χ0n) is 7.10. The van der Waals surface area contributed by atoms with Gasteiger partial charge in [-0.05, 0) is 36.6 Å². The summed E-state index contributed by atoms with van der Waals surface area (Å²) in [4.78, 5) is 0. The Morgan fingerprint density at radius 2 is 2.25 bits per heavy atom. The average Bonchev–Trinajstić information content (AvgIpc) is 2.03. The van der Waals surface area contributed by atoms with Crippen molar-refractivity contribution >= 4 is 0 Å². The van der Waals surface area contributed by atoms with Gasteiger partial charge in [-0.25, -0.2) is 4.39 Å². The molecule has 0 aliphatic carbocycles. The molecule has 1 N–H and O–H groups in total. The van der Waals surface area contributed by atoms with E-state index in [-0.39, 0.29) is 5.82 Å². The van der Waals surface area contributed by atoms with Gasteiger partial charge in [-0.15, -0.1) is 0 Å². The minimum absolute atomic E-state index is 0.122. The summed E-state index contributed by atoms with van der Waals surface area (Å²) in [5.41, 5.74) is 2.38. The van der Waals surface area contributed by atoms with E-state index in [9.17, 15) is 4.39 Å². The van der Waals surface area contributed by atoms with Crippen LogP contribution in [0.3, 0.4) is 0 Å². The normalized spacial score (nSPS) is 22.0. The second-order valence-electron chi connectivity index (χ2n) is 3.40. The molecule has 1 unspecified atom stereocenters. The summed E-state index contributed by atoms with van der Waals surface area (Å²) in [5, 5.41) is 3.34. The van der Waals surface area contributed by atoms with Crippen LogP contribution < -0.4 is 5.32 Å². The molecule has 1 aliphatic rings. The van der Waals surface area contributed by atoms with Crippen LogP contribution in [0.2, 0.25) is 0 Å². The van der Waals surface area contributed by atoms with Gasteiger partial charge < -0.3 is 5.32 Å². The van der Waals surface area contributed by atoms with Crippen molar-refractivity contribution in [3.05, 3.63) is 35.1 Å². The zero-order valence-corrected chi connectivity index (χ0v) is 7.10. The van der Waals surface area contributed by atoms with Crippen molar-refractivity contribution in [3.63, 3.8) is 0 Å². The Morgan fingerprint density at radius 1 is 1.42 bits per heavy atom. The molecule has 64 valence electrons. The fraction of sp³-hybridized carbons (Fsp3) is 0.400. The predicted molar refractivity (Wildman–Crippen MR) is 46.4 cm³/mol. The fourth-order valence-electron chi connectivity index (χ4n) is 1.64. The van der Waals surface area contributed by atoms with E-state index in [1.807, 2.05) is 6.07 Å². The van der Waals surface area contributed by atoms with Crippen LogP contribution in [0.4, 0.5) is 4.39 Å². The highest BCUT2D eigenvalue weighted by atomic mass is 19.1. The first-order valence-corrected chi connectivity index (χ1v) is 4.26. The third-order valence-electron chi connectivity index (χ3n) is 2.34. The lowest BCUT2D eigenvalue weighted by molar-refractivity contribution is 0.509. The standard InChI is InChI=1S/C10H12FN/c1-7-4-9-5-10(11)3-2-8(9)6-12-7/h2-3,5,7,12H,4,6H2,1H3. The highest BCUT2D eigenvalue weighted by molar-refractivity contribution is 5.30. The van der Waals surface area contributed by atoms with Gasteiger partial charge >= 0.3 is 0 Å². The number of hydrogen-bond donors (Lipinski definition) is 1. The van der Waals surface area contributed by atoms with Gasteiger partial charge in [0.1, 0.15) is 5.82 Å². The van der Waals surface area contributed by atoms with Gasteiger partial charge in [0.15, 0.2) is 0 Å². The van der Waals surface area contributed by atoms with Crippen molar-refractivity contribution in [1.82, 2.24) is 5.32 Å². The van der Waals surface area contributed by atoms with Gasteiger partial charge in [0, 0.05) is 12.6 Å². The Labute approximate surface area is 71.6 Å². The number of rotatable bonds is 0. The Morgan fingerprint density at radius 3 is 3.08 bits per heavy atom. The minimum Gasteiger partial charge on any atom is -0.310 e.